The average molecular weight is 348 g/mol. The average Bonchev–Trinajstić information content (AvgIpc) is 2.66. The molecule has 25 heavy (non-hydrogen) atoms. The molecule has 1 saturated heterocycles. The number of carbonyl (C=O) groups excluding carboxylic acids is 2. The minimum absolute atomic E-state index is 0.00638. The number of carbonyl (C=O) groups is 2. The Morgan fingerprint density at radius 1 is 1.20 bits per heavy atom. The smallest absolute Gasteiger partial charge is 0.223 e. The van der Waals surface area contributed by atoms with Crippen molar-refractivity contribution >= 4 is 11.8 Å². The second kappa shape index (κ2) is 9.30. The van der Waals surface area contributed by atoms with Gasteiger partial charge in [0, 0.05) is 32.0 Å². The number of nitrogens with zero attached hydrogens (tertiary/aromatic N) is 1. The van der Waals surface area contributed by atoms with Crippen molar-refractivity contribution in [3.8, 4) is 11.5 Å². The molecule has 0 spiro atoms. The molecule has 138 valence electrons. The molecule has 0 bridgehead atoms. The van der Waals surface area contributed by atoms with E-state index in [9.17, 15) is 9.59 Å². The summed E-state index contributed by atoms with van der Waals surface area (Å²) in [6, 6.07) is 5.74. The van der Waals surface area contributed by atoms with Gasteiger partial charge in [-0.1, -0.05) is 19.1 Å². The van der Waals surface area contributed by atoms with Crippen molar-refractivity contribution in [3.05, 3.63) is 23.8 Å². The molecule has 1 heterocycles. The Bertz CT molecular complexity index is 595. The Morgan fingerprint density at radius 3 is 2.52 bits per heavy atom. The monoisotopic (exact) mass is 348 g/mol. The highest BCUT2D eigenvalue weighted by Crippen LogP contribution is 2.30. The van der Waals surface area contributed by atoms with Gasteiger partial charge >= 0.3 is 0 Å². The van der Waals surface area contributed by atoms with Gasteiger partial charge in [-0.15, -0.1) is 0 Å². The van der Waals surface area contributed by atoms with E-state index in [4.69, 9.17) is 9.47 Å². The van der Waals surface area contributed by atoms with Crippen LogP contribution in [0.3, 0.4) is 0 Å². The fraction of sp³-hybridized carbons (Fsp3) is 0.579. The van der Waals surface area contributed by atoms with Gasteiger partial charge in [0.1, 0.15) is 0 Å². The number of hydrogen-bond acceptors (Lipinski definition) is 4. The molecule has 0 atom stereocenters. The van der Waals surface area contributed by atoms with Crippen LogP contribution in [0.25, 0.3) is 0 Å². The lowest BCUT2D eigenvalue weighted by atomic mass is 9.95. The van der Waals surface area contributed by atoms with Crippen molar-refractivity contribution in [1.82, 2.24) is 10.2 Å². The van der Waals surface area contributed by atoms with Crippen LogP contribution in [0.1, 0.15) is 31.7 Å². The van der Waals surface area contributed by atoms with E-state index in [1.807, 2.05) is 30.0 Å². The van der Waals surface area contributed by atoms with E-state index >= 15 is 0 Å². The second-order valence-electron chi connectivity index (χ2n) is 6.20. The molecule has 6 nitrogen and oxygen atoms in total. The van der Waals surface area contributed by atoms with Crippen LogP contribution in [0.5, 0.6) is 11.5 Å². The Balaban J connectivity index is 1.81. The first kappa shape index (κ1) is 19.1. The molecule has 6 heteroatoms. The highest BCUT2D eigenvalue weighted by Gasteiger charge is 2.26. The van der Waals surface area contributed by atoms with E-state index in [2.05, 4.69) is 5.32 Å². The first-order valence-corrected chi connectivity index (χ1v) is 8.86. The molecule has 1 aromatic carbocycles. The topological polar surface area (TPSA) is 67.9 Å². The molecule has 0 unspecified atom stereocenters. The lowest BCUT2D eigenvalue weighted by Crippen LogP contribution is -2.43. The number of hydrogen-bond donors (Lipinski definition) is 1. The van der Waals surface area contributed by atoms with Crippen LogP contribution in [0.2, 0.25) is 0 Å². The summed E-state index contributed by atoms with van der Waals surface area (Å²) in [5.41, 5.74) is 1.01. The van der Waals surface area contributed by atoms with Gasteiger partial charge in [0.25, 0.3) is 0 Å². The summed E-state index contributed by atoms with van der Waals surface area (Å²) in [6.45, 7) is 3.77. The molecule has 1 aromatic rings. The van der Waals surface area contributed by atoms with Crippen LogP contribution in [-0.2, 0) is 16.0 Å². The molecule has 1 aliphatic heterocycles. The van der Waals surface area contributed by atoms with Crippen LogP contribution in [0.15, 0.2) is 18.2 Å². The van der Waals surface area contributed by atoms with Crippen LogP contribution in [-0.4, -0.2) is 50.6 Å². The summed E-state index contributed by atoms with van der Waals surface area (Å²) < 4.78 is 10.7. The Hall–Kier alpha value is -2.24. The molecule has 1 N–H and O–H groups in total. The largest absolute Gasteiger partial charge is 0.493 e. The standard InChI is InChI=1S/C19H28N2O4/c1-4-17(22)21-12-9-15(10-13-21)19(23)20-11-8-14-6-5-7-16(24-2)18(14)25-3/h5-7,15H,4,8-13H2,1-3H3,(H,20,23). The number of para-hydroxylation sites is 1. The third-order valence-electron chi connectivity index (χ3n) is 4.70. The molecule has 0 saturated carbocycles. The summed E-state index contributed by atoms with van der Waals surface area (Å²) in [5.74, 6) is 1.65. The fourth-order valence-electron chi connectivity index (χ4n) is 3.23. The maximum atomic E-state index is 12.3. The first-order valence-electron chi connectivity index (χ1n) is 8.86. The van der Waals surface area contributed by atoms with Crippen LogP contribution < -0.4 is 14.8 Å². The molecule has 0 aliphatic carbocycles. The lowest BCUT2D eigenvalue weighted by molar-refractivity contribution is -0.135. The number of methoxy groups -OCH3 is 2. The minimum Gasteiger partial charge on any atom is -0.493 e. The van der Waals surface area contributed by atoms with Crippen molar-refractivity contribution in [2.75, 3.05) is 33.9 Å². The lowest BCUT2D eigenvalue weighted by Gasteiger charge is -2.31. The van der Waals surface area contributed by atoms with Crippen LogP contribution >= 0.6 is 0 Å². The number of piperidine rings is 1. The van der Waals surface area contributed by atoms with E-state index in [-0.39, 0.29) is 17.7 Å². The molecular formula is C19H28N2O4. The third-order valence-corrected chi connectivity index (χ3v) is 4.70. The van der Waals surface area contributed by atoms with Crippen LogP contribution in [0, 0.1) is 5.92 Å². The summed E-state index contributed by atoms with van der Waals surface area (Å²) in [5, 5.41) is 3.01. The highest BCUT2D eigenvalue weighted by atomic mass is 16.5. The Morgan fingerprint density at radius 2 is 1.92 bits per heavy atom. The van der Waals surface area contributed by atoms with Crippen molar-refractivity contribution < 1.29 is 19.1 Å². The molecule has 2 amide bonds. The Kier molecular flexibility index (Phi) is 7.10. The van der Waals surface area contributed by atoms with E-state index in [0.717, 1.165) is 18.4 Å². The van der Waals surface area contributed by atoms with Gasteiger partial charge in [-0.2, -0.15) is 0 Å². The van der Waals surface area contributed by atoms with Crippen molar-refractivity contribution in [1.29, 1.82) is 0 Å². The van der Waals surface area contributed by atoms with Gasteiger partial charge in [-0.25, -0.2) is 0 Å². The summed E-state index contributed by atoms with van der Waals surface area (Å²) >= 11 is 0. The van der Waals surface area contributed by atoms with Crippen molar-refractivity contribution in [2.24, 2.45) is 5.92 Å². The minimum atomic E-state index is -0.00638. The maximum absolute atomic E-state index is 12.3. The van der Waals surface area contributed by atoms with Gasteiger partial charge in [0.2, 0.25) is 11.8 Å². The molecule has 1 fully saturated rings. The number of nitrogens with one attached hydrogen (secondary N) is 1. The van der Waals surface area contributed by atoms with Gasteiger partial charge in [-0.05, 0) is 30.9 Å². The predicted octanol–water partition coefficient (Wildman–Crippen LogP) is 2.01. The number of benzene rings is 1. The van der Waals surface area contributed by atoms with Gasteiger partial charge in [-0.3, -0.25) is 9.59 Å². The van der Waals surface area contributed by atoms with Gasteiger partial charge in [0.15, 0.2) is 11.5 Å². The van der Waals surface area contributed by atoms with Gasteiger partial charge < -0.3 is 19.7 Å². The molecule has 0 aromatic heterocycles. The number of ether oxygens (including phenoxy) is 2. The van der Waals surface area contributed by atoms with Crippen LogP contribution in [0.4, 0.5) is 0 Å². The van der Waals surface area contributed by atoms with E-state index in [1.165, 1.54) is 0 Å². The summed E-state index contributed by atoms with van der Waals surface area (Å²) in [6.07, 6.45) is 2.68. The second-order valence-corrected chi connectivity index (χ2v) is 6.20. The molecule has 1 aliphatic rings. The van der Waals surface area contributed by atoms with Gasteiger partial charge in [0.05, 0.1) is 14.2 Å². The number of amides is 2. The fourth-order valence-corrected chi connectivity index (χ4v) is 3.23. The maximum Gasteiger partial charge on any atom is 0.223 e. The zero-order chi connectivity index (χ0) is 18.2. The normalized spacial score (nSPS) is 14.9. The SMILES string of the molecule is CCC(=O)N1CCC(C(=O)NCCc2cccc(OC)c2OC)CC1. The quantitative estimate of drug-likeness (QED) is 0.818. The highest BCUT2D eigenvalue weighted by molar-refractivity contribution is 5.80. The number of likely N-dealkylation sites (tertiary alicyclic amines) is 1. The molecular weight excluding hydrogens is 320 g/mol. The molecule has 0 radical (unpaired) electrons. The summed E-state index contributed by atoms with van der Waals surface area (Å²) in [7, 11) is 3.23. The van der Waals surface area contributed by atoms with E-state index in [0.29, 0.717) is 44.0 Å². The first-order chi connectivity index (χ1) is 12.1. The Labute approximate surface area is 149 Å². The van der Waals surface area contributed by atoms with Crippen molar-refractivity contribution in [2.45, 2.75) is 32.6 Å². The number of rotatable bonds is 7. The third kappa shape index (κ3) is 4.87. The zero-order valence-corrected chi connectivity index (χ0v) is 15.3. The summed E-state index contributed by atoms with van der Waals surface area (Å²) in [4.78, 5) is 25.9. The van der Waals surface area contributed by atoms with E-state index in [1.54, 1.807) is 14.2 Å². The van der Waals surface area contributed by atoms with Crippen molar-refractivity contribution in [3.63, 3.8) is 0 Å². The predicted molar refractivity (Wildman–Crippen MR) is 95.9 cm³/mol. The molecule has 2 rings (SSSR count). The van der Waals surface area contributed by atoms with E-state index < -0.39 is 0 Å². The zero-order valence-electron chi connectivity index (χ0n) is 15.3.